The van der Waals surface area contributed by atoms with Crippen molar-refractivity contribution in [2.75, 3.05) is 33.4 Å². The Labute approximate surface area is 163 Å². The highest BCUT2D eigenvalue weighted by Gasteiger charge is 2.59. The second-order valence-electron chi connectivity index (χ2n) is 7.14. The van der Waals surface area contributed by atoms with E-state index in [9.17, 15) is 17.6 Å². The molecule has 0 aromatic carbocycles. The van der Waals surface area contributed by atoms with Crippen LogP contribution in [0.1, 0.15) is 19.3 Å². The van der Waals surface area contributed by atoms with E-state index in [1.165, 1.54) is 29.7 Å². The van der Waals surface area contributed by atoms with Crippen LogP contribution in [0.2, 0.25) is 0 Å². The molecule has 1 spiro atoms. The van der Waals surface area contributed by atoms with Crippen molar-refractivity contribution in [2.45, 2.75) is 24.2 Å². The van der Waals surface area contributed by atoms with E-state index in [0.717, 1.165) is 6.42 Å². The van der Waals surface area contributed by atoms with E-state index in [1.807, 2.05) is 0 Å². The number of esters is 1. The summed E-state index contributed by atoms with van der Waals surface area (Å²) in [6, 6.07) is 2.84. The number of sulfonamides is 1. The van der Waals surface area contributed by atoms with E-state index < -0.39 is 10.0 Å². The van der Waals surface area contributed by atoms with Gasteiger partial charge in [0.2, 0.25) is 15.9 Å². The quantitative estimate of drug-likeness (QED) is 0.669. The molecule has 28 heavy (non-hydrogen) atoms. The second-order valence-corrected chi connectivity index (χ2v) is 9.08. The van der Waals surface area contributed by atoms with Crippen molar-refractivity contribution in [1.82, 2.24) is 9.29 Å². The lowest BCUT2D eigenvalue weighted by atomic mass is 9.92. The van der Waals surface area contributed by atoms with E-state index in [4.69, 9.17) is 15.2 Å². The van der Waals surface area contributed by atoms with Crippen molar-refractivity contribution in [2.24, 2.45) is 17.1 Å². The fourth-order valence-electron chi connectivity index (χ4n) is 3.60. The van der Waals surface area contributed by atoms with E-state index in [0.29, 0.717) is 32.3 Å². The molecule has 10 heteroatoms. The molecule has 0 radical (unpaired) electrons. The van der Waals surface area contributed by atoms with Gasteiger partial charge in [0.15, 0.2) is 0 Å². The van der Waals surface area contributed by atoms with E-state index in [1.54, 1.807) is 0 Å². The van der Waals surface area contributed by atoms with Crippen LogP contribution in [-0.4, -0.2) is 57.0 Å². The highest BCUT2D eigenvalue weighted by molar-refractivity contribution is 7.89. The molecule has 8 nitrogen and oxygen atoms in total. The number of methoxy groups -OCH3 is 1. The van der Waals surface area contributed by atoms with E-state index in [2.05, 4.69) is 4.98 Å². The molecule has 1 aliphatic carbocycles. The molecule has 0 bridgehead atoms. The predicted molar refractivity (Wildman–Crippen MR) is 98.5 cm³/mol. The summed E-state index contributed by atoms with van der Waals surface area (Å²) >= 11 is 0. The zero-order valence-electron chi connectivity index (χ0n) is 15.6. The summed E-state index contributed by atoms with van der Waals surface area (Å²) in [5.74, 6) is -0.142. The lowest BCUT2D eigenvalue weighted by Gasteiger charge is -2.31. The Morgan fingerprint density at radius 3 is 2.68 bits per heavy atom. The molecule has 1 saturated heterocycles. The van der Waals surface area contributed by atoms with Crippen molar-refractivity contribution >= 4 is 16.0 Å². The van der Waals surface area contributed by atoms with Crippen LogP contribution in [0.3, 0.4) is 0 Å². The number of ether oxygens (including phenoxy) is 2. The first-order valence-electron chi connectivity index (χ1n) is 9.01. The van der Waals surface area contributed by atoms with Crippen molar-refractivity contribution in [1.29, 1.82) is 0 Å². The second kappa shape index (κ2) is 8.14. The van der Waals surface area contributed by atoms with Crippen LogP contribution in [0, 0.1) is 11.3 Å². The van der Waals surface area contributed by atoms with Gasteiger partial charge in [-0.25, -0.2) is 17.8 Å². The minimum atomic E-state index is -3.68. The van der Waals surface area contributed by atoms with Crippen molar-refractivity contribution < 1.29 is 27.1 Å². The molecular weight excluding hydrogens is 389 g/mol. The zero-order valence-corrected chi connectivity index (χ0v) is 16.5. The lowest BCUT2D eigenvalue weighted by Crippen LogP contribution is -2.40. The number of nitrogens with zero attached hydrogens (tertiary/aromatic N) is 2. The molecule has 2 fully saturated rings. The van der Waals surface area contributed by atoms with Gasteiger partial charge < -0.3 is 15.2 Å². The predicted octanol–water partition coefficient (Wildman–Crippen LogP) is 1.24. The molecular formula is C18H24FN3O5S. The fourth-order valence-corrected chi connectivity index (χ4v) is 4.99. The molecule has 0 amide bonds. The van der Waals surface area contributed by atoms with Crippen LogP contribution in [0.5, 0.6) is 5.88 Å². The number of carbonyl (C=O) groups excluding carboxylic acids is 1. The summed E-state index contributed by atoms with van der Waals surface area (Å²) in [6.45, 7) is 0.683. The molecule has 1 aromatic heterocycles. The number of pyridine rings is 1. The minimum absolute atomic E-state index is 0.0241. The maximum Gasteiger partial charge on any atom is 0.309 e. The number of rotatable bonds is 7. The zero-order chi connectivity index (χ0) is 20.4. The summed E-state index contributed by atoms with van der Waals surface area (Å²) in [5.41, 5.74) is 5.51. The van der Waals surface area contributed by atoms with Gasteiger partial charge in [-0.15, -0.1) is 0 Å². The topological polar surface area (TPSA) is 112 Å². The van der Waals surface area contributed by atoms with E-state index >= 15 is 0 Å². The Morgan fingerprint density at radius 2 is 2.14 bits per heavy atom. The Hall–Kier alpha value is -2.04. The summed E-state index contributed by atoms with van der Waals surface area (Å²) < 4.78 is 49.7. The first kappa shape index (κ1) is 20.7. The van der Waals surface area contributed by atoms with Crippen molar-refractivity contribution in [3.05, 3.63) is 30.2 Å². The van der Waals surface area contributed by atoms with Gasteiger partial charge in [0.1, 0.15) is 11.5 Å². The number of carbonyl (C=O) groups is 1. The average Bonchev–Trinajstić information content (AvgIpc) is 3.42. The monoisotopic (exact) mass is 413 g/mol. The normalized spacial score (nSPS) is 22.1. The van der Waals surface area contributed by atoms with Gasteiger partial charge in [0.05, 0.1) is 25.6 Å². The number of nitrogens with two attached hydrogens (primary N) is 1. The third-order valence-electron chi connectivity index (χ3n) is 5.56. The summed E-state index contributed by atoms with van der Waals surface area (Å²) in [4.78, 5) is 15.8. The largest absolute Gasteiger partial charge is 0.473 e. The molecule has 1 atom stereocenters. The Morgan fingerprint density at radius 1 is 1.43 bits per heavy atom. The highest BCUT2D eigenvalue weighted by Crippen LogP contribution is 2.60. The Kier molecular flexibility index (Phi) is 6.01. The van der Waals surface area contributed by atoms with Gasteiger partial charge >= 0.3 is 5.97 Å². The van der Waals surface area contributed by atoms with Gasteiger partial charge in [-0.2, -0.15) is 4.31 Å². The van der Waals surface area contributed by atoms with E-state index in [-0.39, 0.29) is 46.8 Å². The maximum absolute atomic E-state index is 12.8. The summed E-state index contributed by atoms with van der Waals surface area (Å²) in [6.07, 6.45) is 3.65. The lowest BCUT2D eigenvalue weighted by molar-refractivity contribution is -0.143. The number of halogens is 1. The number of piperidine rings is 1. The molecule has 1 saturated carbocycles. The van der Waals surface area contributed by atoms with Crippen LogP contribution in [-0.2, 0) is 19.6 Å². The number of hydrogen-bond acceptors (Lipinski definition) is 7. The van der Waals surface area contributed by atoms with Crippen LogP contribution in [0.4, 0.5) is 4.39 Å². The van der Waals surface area contributed by atoms with Crippen molar-refractivity contribution in [3.63, 3.8) is 0 Å². The maximum atomic E-state index is 12.8. The molecule has 1 unspecified atom stereocenters. The standard InChI is InChI=1S/C18H24FN3O5S/c1-26-17(23)15-8-18(15)4-6-22(7-5-18)28(24,25)14-2-3-16(21-11-14)27-12-13(9-19)10-20/h2-3,9,11,15H,4-8,10,12,20H2,1H3/b13-9-. The SMILES string of the molecule is COC(=O)C1CC12CCN(S(=O)(=O)c1ccc(OC/C(=C\F)CN)nc1)CC2. The minimum Gasteiger partial charge on any atom is -0.473 e. The summed E-state index contributed by atoms with van der Waals surface area (Å²) in [7, 11) is -2.30. The molecule has 1 aromatic rings. The first-order chi connectivity index (χ1) is 13.4. The average molecular weight is 413 g/mol. The number of hydrogen-bond donors (Lipinski definition) is 1. The molecule has 2 heterocycles. The fraction of sp³-hybridized carbons (Fsp3) is 0.556. The molecule has 3 rings (SSSR count). The Balaban J connectivity index is 1.60. The van der Waals surface area contributed by atoms with Crippen LogP contribution >= 0.6 is 0 Å². The first-order valence-corrected chi connectivity index (χ1v) is 10.5. The Bertz CT molecular complexity index is 848. The molecule has 2 N–H and O–H groups in total. The van der Waals surface area contributed by atoms with Crippen LogP contribution < -0.4 is 10.5 Å². The van der Waals surface area contributed by atoms with Gasteiger partial charge in [0, 0.05) is 31.3 Å². The van der Waals surface area contributed by atoms with Crippen LogP contribution in [0.15, 0.2) is 35.1 Å². The number of aromatic nitrogens is 1. The van der Waals surface area contributed by atoms with Gasteiger partial charge in [0.25, 0.3) is 0 Å². The molecule has 154 valence electrons. The van der Waals surface area contributed by atoms with Gasteiger partial charge in [-0.05, 0) is 30.7 Å². The third kappa shape index (κ3) is 4.03. The molecule has 2 aliphatic rings. The van der Waals surface area contributed by atoms with Crippen molar-refractivity contribution in [3.8, 4) is 5.88 Å². The smallest absolute Gasteiger partial charge is 0.309 e. The van der Waals surface area contributed by atoms with Gasteiger partial charge in [-0.3, -0.25) is 4.79 Å². The summed E-state index contributed by atoms with van der Waals surface area (Å²) in [5, 5.41) is 0. The third-order valence-corrected chi connectivity index (χ3v) is 7.44. The molecule has 1 aliphatic heterocycles. The van der Waals surface area contributed by atoms with Crippen LogP contribution in [0.25, 0.3) is 0 Å². The highest BCUT2D eigenvalue weighted by atomic mass is 32.2. The van der Waals surface area contributed by atoms with Gasteiger partial charge in [-0.1, -0.05) is 0 Å².